The lowest BCUT2D eigenvalue weighted by atomic mass is 10.1. The maximum absolute atomic E-state index is 5.98. The molecule has 0 aromatic carbocycles. The van der Waals surface area contributed by atoms with Crippen LogP contribution in [0.3, 0.4) is 0 Å². The Bertz CT molecular complexity index is 471. The Kier molecular flexibility index (Phi) is 3.75. The van der Waals surface area contributed by atoms with Gasteiger partial charge in [0.1, 0.15) is 0 Å². The minimum absolute atomic E-state index is 0.0311. The van der Waals surface area contributed by atoms with Crippen molar-refractivity contribution in [3.8, 4) is 0 Å². The molecular formula is C11H14N4OS. The summed E-state index contributed by atoms with van der Waals surface area (Å²) >= 11 is 1.47. The molecule has 2 N–H and O–H groups in total. The first-order chi connectivity index (χ1) is 8.16. The lowest BCUT2D eigenvalue weighted by Gasteiger charge is -2.18. The Labute approximate surface area is 104 Å². The number of nitrogens with zero attached hydrogens (tertiary/aromatic N) is 3. The molecular weight excluding hydrogens is 236 g/mol. The van der Waals surface area contributed by atoms with Gasteiger partial charge in [-0.25, -0.2) is 0 Å². The topological polar surface area (TPSA) is 77.8 Å². The van der Waals surface area contributed by atoms with Crippen molar-refractivity contribution >= 4 is 11.8 Å². The predicted octanol–water partition coefficient (Wildman–Crippen LogP) is 1.95. The van der Waals surface area contributed by atoms with E-state index in [2.05, 4.69) is 15.2 Å². The first kappa shape index (κ1) is 12.1. The first-order valence-corrected chi connectivity index (χ1v) is 6.17. The number of nitrogens with two attached hydrogens (primary N) is 1. The number of aromatic nitrogens is 3. The van der Waals surface area contributed by atoms with E-state index in [1.807, 2.05) is 25.3 Å². The van der Waals surface area contributed by atoms with Gasteiger partial charge in [0, 0.05) is 25.4 Å². The van der Waals surface area contributed by atoms with Crippen LogP contribution in [0.2, 0.25) is 0 Å². The second-order valence-electron chi connectivity index (χ2n) is 3.77. The second kappa shape index (κ2) is 5.29. The Morgan fingerprint density at radius 2 is 2.24 bits per heavy atom. The van der Waals surface area contributed by atoms with E-state index in [0.717, 1.165) is 5.56 Å². The summed E-state index contributed by atoms with van der Waals surface area (Å²) in [7, 11) is 0. The molecule has 2 aromatic rings. The molecule has 0 bridgehead atoms. The van der Waals surface area contributed by atoms with Gasteiger partial charge in [0.25, 0.3) is 5.22 Å². The van der Waals surface area contributed by atoms with E-state index in [1.165, 1.54) is 11.8 Å². The summed E-state index contributed by atoms with van der Waals surface area (Å²) in [5.41, 5.74) is 7.04. The van der Waals surface area contributed by atoms with Crippen molar-refractivity contribution in [3.05, 3.63) is 36.0 Å². The number of aryl methyl sites for hydroxylation is 1. The summed E-state index contributed by atoms with van der Waals surface area (Å²) in [5.74, 6) is 0.558. The highest BCUT2D eigenvalue weighted by Crippen LogP contribution is 2.35. The molecule has 0 fully saturated rings. The van der Waals surface area contributed by atoms with E-state index in [1.54, 1.807) is 13.1 Å². The average Bonchev–Trinajstić information content (AvgIpc) is 2.73. The number of rotatable bonds is 4. The van der Waals surface area contributed by atoms with Gasteiger partial charge in [0.2, 0.25) is 5.89 Å². The largest absolute Gasteiger partial charge is 0.416 e. The molecule has 0 aliphatic carbocycles. The van der Waals surface area contributed by atoms with Gasteiger partial charge < -0.3 is 10.2 Å². The van der Waals surface area contributed by atoms with Gasteiger partial charge in [-0.15, -0.1) is 10.2 Å². The summed E-state index contributed by atoms with van der Waals surface area (Å²) in [4.78, 5) is 4.10. The Morgan fingerprint density at radius 1 is 1.41 bits per heavy atom. The summed E-state index contributed by atoms with van der Waals surface area (Å²) < 4.78 is 5.35. The second-order valence-corrected chi connectivity index (χ2v) is 4.86. The molecule has 17 heavy (non-hydrogen) atoms. The maximum atomic E-state index is 5.98. The van der Waals surface area contributed by atoms with Gasteiger partial charge in [-0.1, -0.05) is 17.8 Å². The predicted molar refractivity (Wildman–Crippen MR) is 65.5 cm³/mol. The van der Waals surface area contributed by atoms with Crippen molar-refractivity contribution in [2.45, 2.75) is 30.4 Å². The molecule has 90 valence electrons. The smallest absolute Gasteiger partial charge is 0.277 e. The van der Waals surface area contributed by atoms with Crippen LogP contribution in [0.25, 0.3) is 0 Å². The number of thioether (sulfide) groups is 1. The van der Waals surface area contributed by atoms with Gasteiger partial charge >= 0.3 is 0 Å². The number of hydrogen-bond acceptors (Lipinski definition) is 6. The molecule has 2 aromatic heterocycles. The molecule has 2 rings (SSSR count). The van der Waals surface area contributed by atoms with Crippen molar-refractivity contribution in [1.29, 1.82) is 0 Å². The van der Waals surface area contributed by atoms with E-state index >= 15 is 0 Å². The van der Waals surface area contributed by atoms with E-state index in [4.69, 9.17) is 10.2 Å². The fourth-order valence-electron chi connectivity index (χ4n) is 1.46. The normalized spacial score (nSPS) is 14.5. The minimum atomic E-state index is -0.0311. The van der Waals surface area contributed by atoms with E-state index < -0.39 is 0 Å². The zero-order chi connectivity index (χ0) is 12.3. The summed E-state index contributed by atoms with van der Waals surface area (Å²) in [6.45, 7) is 3.72. The summed E-state index contributed by atoms with van der Waals surface area (Å²) in [6.07, 6.45) is 3.55. The highest BCUT2D eigenvalue weighted by molar-refractivity contribution is 7.99. The molecule has 0 radical (unpaired) electrons. The van der Waals surface area contributed by atoms with Crippen molar-refractivity contribution in [1.82, 2.24) is 15.2 Å². The van der Waals surface area contributed by atoms with Gasteiger partial charge in [-0.3, -0.25) is 4.98 Å². The monoisotopic (exact) mass is 250 g/mol. The van der Waals surface area contributed by atoms with Crippen molar-refractivity contribution in [2.24, 2.45) is 5.73 Å². The summed E-state index contributed by atoms with van der Waals surface area (Å²) in [6, 6.07) is 3.86. The maximum Gasteiger partial charge on any atom is 0.277 e. The Balaban J connectivity index is 2.19. The van der Waals surface area contributed by atoms with Crippen LogP contribution in [-0.4, -0.2) is 21.2 Å². The molecule has 0 amide bonds. The molecule has 0 saturated heterocycles. The molecule has 2 atom stereocenters. The Hall–Kier alpha value is -1.40. The van der Waals surface area contributed by atoms with E-state index in [-0.39, 0.29) is 11.3 Å². The van der Waals surface area contributed by atoms with Crippen LogP contribution in [-0.2, 0) is 0 Å². The number of hydrogen-bond donors (Lipinski definition) is 1. The molecule has 2 heterocycles. The van der Waals surface area contributed by atoms with Crippen molar-refractivity contribution in [3.63, 3.8) is 0 Å². The molecule has 2 unspecified atom stereocenters. The fraction of sp³-hybridized carbons (Fsp3) is 0.364. The molecule has 0 aliphatic rings. The SMILES string of the molecule is Cc1nnc(SC(c2cccnc2)C(C)N)o1. The van der Waals surface area contributed by atoms with Crippen molar-refractivity contribution < 1.29 is 4.42 Å². The quantitative estimate of drug-likeness (QED) is 0.836. The van der Waals surface area contributed by atoms with Crippen LogP contribution in [0.4, 0.5) is 0 Å². The average molecular weight is 250 g/mol. The van der Waals surface area contributed by atoms with Gasteiger partial charge in [0.05, 0.1) is 5.25 Å². The van der Waals surface area contributed by atoms with Crippen LogP contribution in [0.1, 0.15) is 23.6 Å². The van der Waals surface area contributed by atoms with Gasteiger partial charge in [0.15, 0.2) is 0 Å². The molecule has 0 spiro atoms. The zero-order valence-electron chi connectivity index (χ0n) is 9.70. The van der Waals surface area contributed by atoms with Crippen LogP contribution in [0, 0.1) is 6.92 Å². The Morgan fingerprint density at radius 3 is 2.76 bits per heavy atom. The standard InChI is InChI=1S/C11H14N4OS/c1-7(12)10(9-4-3-5-13-6-9)17-11-15-14-8(2)16-11/h3-7,10H,12H2,1-2H3. The first-order valence-electron chi connectivity index (χ1n) is 5.29. The minimum Gasteiger partial charge on any atom is -0.416 e. The third-order valence-corrected chi connectivity index (χ3v) is 3.55. The lowest BCUT2D eigenvalue weighted by molar-refractivity contribution is 0.427. The van der Waals surface area contributed by atoms with Crippen LogP contribution in [0.5, 0.6) is 0 Å². The van der Waals surface area contributed by atoms with E-state index in [0.29, 0.717) is 11.1 Å². The van der Waals surface area contributed by atoms with Gasteiger partial charge in [-0.2, -0.15) is 0 Å². The van der Waals surface area contributed by atoms with Crippen LogP contribution in [0.15, 0.2) is 34.2 Å². The summed E-state index contributed by atoms with van der Waals surface area (Å²) in [5, 5.41) is 8.36. The third kappa shape index (κ3) is 3.04. The number of pyridine rings is 1. The molecule has 0 saturated carbocycles. The van der Waals surface area contributed by atoms with Crippen molar-refractivity contribution in [2.75, 3.05) is 0 Å². The zero-order valence-corrected chi connectivity index (χ0v) is 10.5. The van der Waals surface area contributed by atoms with Gasteiger partial charge in [-0.05, 0) is 18.6 Å². The molecule has 0 aliphatic heterocycles. The highest BCUT2D eigenvalue weighted by Gasteiger charge is 2.20. The van der Waals surface area contributed by atoms with Crippen LogP contribution >= 0.6 is 11.8 Å². The lowest BCUT2D eigenvalue weighted by Crippen LogP contribution is -2.22. The third-order valence-electron chi connectivity index (χ3n) is 2.23. The highest BCUT2D eigenvalue weighted by atomic mass is 32.2. The van der Waals surface area contributed by atoms with E-state index in [9.17, 15) is 0 Å². The van der Waals surface area contributed by atoms with Crippen LogP contribution < -0.4 is 5.73 Å². The molecule has 5 nitrogen and oxygen atoms in total. The fourth-order valence-corrected chi connectivity index (χ4v) is 2.42. The molecule has 6 heteroatoms.